The number of rotatable bonds is 4. The van der Waals surface area contributed by atoms with E-state index in [1.54, 1.807) is 28.9 Å². The van der Waals surface area contributed by atoms with Crippen LogP contribution in [0.15, 0.2) is 30.3 Å². The number of benzene rings is 1. The molecular weight excluding hydrogens is 394 g/mol. The molecule has 158 valence electrons. The molecule has 9 heteroatoms. The summed E-state index contributed by atoms with van der Waals surface area (Å²) < 4.78 is 28.7. The molecule has 1 spiro atoms. The first kappa shape index (κ1) is 20.2. The van der Waals surface area contributed by atoms with Gasteiger partial charge < -0.3 is 5.32 Å². The van der Waals surface area contributed by atoms with Crippen LogP contribution in [-0.2, 0) is 4.79 Å². The lowest BCUT2D eigenvalue weighted by Crippen LogP contribution is -2.51. The average Bonchev–Trinajstić information content (AvgIpc) is 3.15. The molecule has 1 saturated heterocycles. The Bertz CT molecular complexity index is 1020. The second-order valence-corrected chi connectivity index (χ2v) is 8.07. The topological polar surface area (TPSA) is 84.3 Å². The highest BCUT2D eigenvalue weighted by atomic mass is 19.3. The number of nitrogens with zero attached hydrogens (tertiary/aromatic N) is 3. The number of hydrogen-bond donors (Lipinski definition) is 1. The van der Waals surface area contributed by atoms with Crippen LogP contribution in [0.25, 0.3) is 5.69 Å². The summed E-state index contributed by atoms with van der Waals surface area (Å²) in [7, 11) is 0. The third-order valence-corrected chi connectivity index (χ3v) is 5.83. The van der Waals surface area contributed by atoms with Crippen LogP contribution in [0.4, 0.5) is 13.6 Å². The molecule has 1 aliphatic carbocycles. The summed E-state index contributed by atoms with van der Waals surface area (Å²) in [5.41, 5.74) is 1.64. The minimum absolute atomic E-state index is 0.132. The van der Waals surface area contributed by atoms with E-state index in [-0.39, 0.29) is 12.8 Å². The monoisotopic (exact) mass is 416 g/mol. The Labute approximate surface area is 172 Å². The average molecular weight is 416 g/mol. The van der Waals surface area contributed by atoms with E-state index in [1.807, 2.05) is 19.9 Å². The number of hydrogen-bond acceptors (Lipinski definition) is 4. The van der Waals surface area contributed by atoms with Gasteiger partial charge in [-0.3, -0.25) is 14.5 Å². The van der Waals surface area contributed by atoms with Crippen molar-refractivity contribution in [3.8, 4) is 5.69 Å². The number of carbonyl (C=O) groups is 3. The van der Waals surface area contributed by atoms with Crippen LogP contribution in [0.3, 0.4) is 0 Å². The molecule has 0 atom stereocenters. The Morgan fingerprint density at radius 2 is 1.73 bits per heavy atom. The SMILES string of the molecule is Cc1cc(C)n(-c2ccc(C(=O)CN3C(=O)NC4(CCC(F)(F)CC4)C3=O)cc2)n1. The van der Waals surface area contributed by atoms with Gasteiger partial charge in [0.05, 0.1) is 17.9 Å². The molecule has 2 aromatic rings. The van der Waals surface area contributed by atoms with Crippen LogP contribution in [0.5, 0.6) is 0 Å². The van der Waals surface area contributed by atoms with Gasteiger partial charge in [-0.2, -0.15) is 5.10 Å². The molecule has 1 N–H and O–H groups in total. The number of alkyl halides is 2. The maximum absolute atomic E-state index is 13.5. The summed E-state index contributed by atoms with van der Waals surface area (Å²) in [6.45, 7) is 3.38. The standard InChI is InChI=1S/C21H22F2N4O3/c1-13-11-14(2)27(25-13)16-5-3-15(4-6-16)17(28)12-26-18(29)20(24-19(26)30)7-9-21(22,23)10-8-20/h3-6,11H,7-10,12H2,1-2H3,(H,24,30). The zero-order chi connectivity index (χ0) is 21.7. The summed E-state index contributed by atoms with van der Waals surface area (Å²) in [6.07, 6.45) is -1.19. The molecule has 0 bridgehead atoms. The maximum Gasteiger partial charge on any atom is 0.325 e. The van der Waals surface area contributed by atoms with Gasteiger partial charge in [-0.05, 0) is 57.0 Å². The molecule has 2 heterocycles. The van der Waals surface area contributed by atoms with Crippen molar-refractivity contribution >= 4 is 17.7 Å². The van der Waals surface area contributed by atoms with Crippen molar-refractivity contribution in [1.82, 2.24) is 20.0 Å². The van der Waals surface area contributed by atoms with Crippen molar-refractivity contribution in [3.05, 3.63) is 47.3 Å². The van der Waals surface area contributed by atoms with Gasteiger partial charge in [0.25, 0.3) is 5.91 Å². The number of amides is 3. The second kappa shape index (κ2) is 7.00. The molecule has 1 aromatic carbocycles. The zero-order valence-corrected chi connectivity index (χ0v) is 16.7. The fraction of sp³-hybridized carbons (Fsp3) is 0.429. The molecule has 30 heavy (non-hydrogen) atoms. The van der Waals surface area contributed by atoms with Crippen LogP contribution in [0, 0.1) is 13.8 Å². The van der Waals surface area contributed by atoms with Crippen LogP contribution in [-0.4, -0.2) is 50.4 Å². The summed E-state index contributed by atoms with van der Waals surface area (Å²) in [6, 6.07) is 7.94. The summed E-state index contributed by atoms with van der Waals surface area (Å²) in [5, 5.41) is 6.93. The van der Waals surface area contributed by atoms with Crippen molar-refractivity contribution in [2.75, 3.05) is 6.54 Å². The Kier molecular flexibility index (Phi) is 4.71. The highest BCUT2D eigenvalue weighted by molar-refractivity contribution is 6.11. The van der Waals surface area contributed by atoms with Crippen LogP contribution < -0.4 is 5.32 Å². The lowest BCUT2D eigenvalue weighted by molar-refractivity contribution is -0.135. The molecule has 7 nitrogen and oxygen atoms in total. The summed E-state index contributed by atoms with van der Waals surface area (Å²) in [4.78, 5) is 38.6. The first-order valence-electron chi connectivity index (χ1n) is 9.79. The van der Waals surface area contributed by atoms with Crippen LogP contribution in [0.2, 0.25) is 0 Å². The fourth-order valence-corrected chi connectivity index (χ4v) is 4.11. The normalized spacial score (nSPS) is 19.9. The van der Waals surface area contributed by atoms with E-state index in [0.717, 1.165) is 22.0 Å². The Hall–Kier alpha value is -3.10. The lowest BCUT2D eigenvalue weighted by atomic mass is 9.80. The highest BCUT2D eigenvalue weighted by Gasteiger charge is 2.55. The molecule has 1 aliphatic heterocycles. The quantitative estimate of drug-likeness (QED) is 0.613. The first-order valence-corrected chi connectivity index (χ1v) is 9.79. The van der Waals surface area contributed by atoms with E-state index in [1.165, 1.54) is 0 Å². The molecule has 4 rings (SSSR count). The largest absolute Gasteiger partial charge is 0.325 e. The number of halogens is 2. The molecule has 0 unspecified atom stereocenters. The highest BCUT2D eigenvalue weighted by Crippen LogP contribution is 2.41. The Balaban J connectivity index is 1.47. The van der Waals surface area contributed by atoms with Gasteiger partial charge in [0.2, 0.25) is 5.92 Å². The van der Waals surface area contributed by atoms with E-state index in [0.29, 0.717) is 5.56 Å². The lowest BCUT2D eigenvalue weighted by Gasteiger charge is -2.34. The van der Waals surface area contributed by atoms with Crippen molar-refractivity contribution in [2.45, 2.75) is 51.0 Å². The number of imide groups is 1. The van der Waals surface area contributed by atoms with E-state index in [4.69, 9.17) is 0 Å². The minimum atomic E-state index is -2.83. The smallest absolute Gasteiger partial charge is 0.323 e. The maximum atomic E-state index is 13.5. The van der Waals surface area contributed by atoms with Gasteiger partial charge in [0.1, 0.15) is 5.54 Å². The molecule has 0 radical (unpaired) electrons. The Morgan fingerprint density at radius 1 is 1.10 bits per heavy atom. The molecular formula is C21H22F2N4O3. The number of urea groups is 1. The van der Waals surface area contributed by atoms with Gasteiger partial charge in [0.15, 0.2) is 5.78 Å². The molecule has 2 fully saturated rings. The van der Waals surface area contributed by atoms with E-state index < -0.39 is 48.6 Å². The van der Waals surface area contributed by atoms with Crippen LogP contribution >= 0.6 is 0 Å². The number of carbonyl (C=O) groups excluding carboxylic acids is 3. The fourth-order valence-electron chi connectivity index (χ4n) is 4.11. The van der Waals surface area contributed by atoms with Gasteiger partial charge in [-0.25, -0.2) is 18.3 Å². The third-order valence-electron chi connectivity index (χ3n) is 5.83. The molecule has 2 aliphatic rings. The van der Waals surface area contributed by atoms with Crippen LogP contribution in [0.1, 0.15) is 47.4 Å². The minimum Gasteiger partial charge on any atom is -0.323 e. The number of aryl methyl sites for hydroxylation is 2. The number of ketones is 1. The molecule has 3 amide bonds. The van der Waals surface area contributed by atoms with E-state index >= 15 is 0 Å². The second-order valence-electron chi connectivity index (χ2n) is 8.07. The number of aromatic nitrogens is 2. The van der Waals surface area contributed by atoms with Crippen molar-refractivity contribution in [2.24, 2.45) is 0 Å². The zero-order valence-electron chi connectivity index (χ0n) is 16.7. The van der Waals surface area contributed by atoms with Crippen molar-refractivity contribution in [1.29, 1.82) is 0 Å². The molecule has 1 aromatic heterocycles. The number of Topliss-reactive ketones (excluding diaryl/α,β-unsaturated/α-hetero) is 1. The van der Waals surface area contributed by atoms with Crippen molar-refractivity contribution in [3.63, 3.8) is 0 Å². The number of nitrogens with one attached hydrogen (secondary N) is 1. The summed E-state index contributed by atoms with van der Waals surface area (Å²) in [5.74, 6) is -3.83. The predicted octanol–water partition coefficient (Wildman–Crippen LogP) is 3.17. The first-order chi connectivity index (χ1) is 14.1. The van der Waals surface area contributed by atoms with Gasteiger partial charge in [0, 0.05) is 24.1 Å². The van der Waals surface area contributed by atoms with Crippen molar-refractivity contribution < 1.29 is 23.2 Å². The molecule has 1 saturated carbocycles. The van der Waals surface area contributed by atoms with E-state index in [9.17, 15) is 23.2 Å². The van der Waals surface area contributed by atoms with Gasteiger partial charge in [-0.15, -0.1) is 0 Å². The van der Waals surface area contributed by atoms with E-state index in [2.05, 4.69) is 10.4 Å². The predicted molar refractivity (Wildman–Crippen MR) is 104 cm³/mol. The van der Waals surface area contributed by atoms with Gasteiger partial charge >= 0.3 is 6.03 Å². The summed E-state index contributed by atoms with van der Waals surface area (Å²) >= 11 is 0. The Morgan fingerprint density at radius 3 is 2.30 bits per heavy atom. The van der Waals surface area contributed by atoms with Gasteiger partial charge in [-0.1, -0.05) is 0 Å². The third kappa shape index (κ3) is 3.48.